The van der Waals surface area contributed by atoms with E-state index in [4.69, 9.17) is 0 Å². The molecule has 0 spiro atoms. The molecule has 0 saturated carbocycles. The van der Waals surface area contributed by atoms with Gasteiger partial charge in [-0.05, 0) is 36.6 Å². The normalized spacial score (nSPS) is 11.8. The van der Waals surface area contributed by atoms with Gasteiger partial charge in [0.2, 0.25) is 5.91 Å². The van der Waals surface area contributed by atoms with Crippen molar-refractivity contribution in [3.63, 3.8) is 0 Å². The number of benzene rings is 1. The number of amides is 1. The van der Waals surface area contributed by atoms with Crippen molar-refractivity contribution in [3.05, 3.63) is 51.9 Å². The van der Waals surface area contributed by atoms with Crippen LogP contribution in [0.3, 0.4) is 0 Å². The molecule has 7 nitrogen and oxygen atoms in total. The predicted molar refractivity (Wildman–Crippen MR) is 112 cm³/mol. The van der Waals surface area contributed by atoms with Crippen LogP contribution in [0, 0.1) is 6.92 Å². The first-order chi connectivity index (χ1) is 13.2. The molecule has 0 aliphatic heterocycles. The second-order valence-electron chi connectivity index (χ2n) is 7.61. The molecule has 148 valence electrons. The number of hydrogen-bond donors (Lipinski definition) is 1. The summed E-state index contributed by atoms with van der Waals surface area (Å²) in [5, 5.41) is 12.3. The van der Waals surface area contributed by atoms with Crippen LogP contribution < -0.4 is 11.0 Å². The van der Waals surface area contributed by atoms with Crippen molar-refractivity contribution in [3.8, 4) is 0 Å². The van der Waals surface area contributed by atoms with Gasteiger partial charge in [-0.2, -0.15) is 9.61 Å². The van der Waals surface area contributed by atoms with Gasteiger partial charge in [-0.15, -0.1) is 5.10 Å². The largest absolute Gasteiger partial charge is 0.367 e. The second kappa shape index (κ2) is 7.79. The number of carbonyl (C=O) groups excluding carboxylic acids is 1. The highest BCUT2D eigenvalue weighted by Gasteiger charge is 2.17. The molecule has 0 fully saturated rings. The number of para-hydroxylation sites is 1. The summed E-state index contributed by atoms with van der Waals surface area (Å²) in [6.45, 7) is 10.1. The average Bonchev–Trinajstić information content (AvgIpc) is 2.91. The number of carbonyl (C=O) groups is 1. The molecule has 0 aliphatic rings. The van der Waals surface area contributed by atoms with Crippen LogP contribution in [-0.4, -0.2) is 30.0 Å². The third kappa shape index (κ3) is 4.44. The fourth-order valence-corrected chi connectivity index (χ4v) is 3.77. The zero-order valence-electron chi connectivity index (χ0n) is 16.8. The number of nitrogens with zero attached hydrogens (tertiary/aromatic N) is 4. The molecule has 0 radical (unpaired) electrons. The highest BCUT2D eigenvalue weighted by atomic mass is 32.2. The first-order valence-corrected chi connectivity index (χ1v) is 10.0. The maximum Gasteiger partial charge on any atom is 0.367 e. The van der Waals surface area contributed by atoms with Crippen LogP contribution in [0.1, 0.15) is 38.8 Å². The summed E-state index contributed by atoms with van der Waals surface area (Å²) in [7, 11) is 0. The fourth-order valence-electron chi connectivity index (χ4n) is 2.88. The molecule has 1 aromatic carbocycles. The average molecular weight is 400 g/mol. The number of fused-ring (bicyclic) bond motifs is 1. The van der Waals surface area contributed by atoms with Crippen molar-refractivity contribution < 1.29 is 4.79 Å². The predicted octanol–water partition coefficient (Wildman–Crippen LogP) is 3.29. The third-order valence-corrected chi connectivity index (χ3v) is 5.16. The molecule has 2 heterocycles. The number of thioether (sulfide) groups is 1. The number of rotatable bonds is 5. The molecular formula is C20H25N5O2S. The molecule has 3 rings (SSSR count). The van der Waals surface area contributed by atoms with Gasteiger partial charge in [0.1, 0.15) is 11.6 Å². The first kappa shape index (κ1) is 20.1. The van der Waals surface area contributed by atoms with Gasteiger partial charge in [0.15, 0.2) is 5.65 Å². The Morgan fingerprint density at radius 2 is 1.93 bits per heavy atom. The SMILES string of the molecule is CCc1cccc(C)c1NC(=O)Cn1nc2ccc(SC(C)(C)C)nn2c1=O. The summed E-state index contributed by atoms with van der Waals surface area (Å²) in [4.78, 5) is 25.2. The van der Waals surface area contributed by atoms with Gasteiger partial charge in [0.05, 0.1) is 0 Å². The van der Waals surface area contributed by atoms with Crippen LogP contribution in [0.2, 0.25) is 0 Å². The van der Waals surface area contributed by atoms with Crippen molar-refractivity contribution in [2.24, 2.45) is 0 Å². The van der Waals surface area contributed by atoms with E-state index < -0.39 is 5.69 Å². The Labute approximate surface area is 168 Å². The minimum atomic E-state index is -0.429. The Kier molecular flexibility index (Phi) is 5.60. The molecule has 28 heavy (non-hydrogen) atoms. The topological polar surface area (TPSA) is 81.3 Å². The smallest absolute Gasteiger partial charge is 0.324 e. The maximum absolute atomic E-state index is 12.6. The van der Waals surface area contributed by atoms with Crippen LogP contribution in [0.15, 0.2) is 40.2 Å². The lowest BCUT2D eigenvalue weighted by atomic mass is 10.1. The number of hydrogen-bond acceptors (Lipinski definition) is 5. The zero-order chi connectivity index (χ0) is 20.5. The second-order valence-corrected chi connectivity index (χ2v) is 9.45. The van der Waals surface area contributed by atoms with Crippen molar-refractivity contribution in [2.45, 2.75) is 57.4 Å². The van der Waals surface area contributed by atoms with Crippen LogP contribution in [0.25, 0.3) is 5.65 Å². The van der Waals surface area contributed by atoms with Gasteiger partial charge in [0.25, 0.3) is 0 Å². The van der Waals surface area contributed by atoms with E-state index in [0.29, 0.717) is 5.65 Å². The summed E-state index contributed by atoms with van der Waals surface area (Å²) in [6.07, 6.45) is 0.809. The Morgan fingerprint density at radius 3 is 2.61 bits per heavy atom. The molecule has 3 aromatic rings. The Hall–Kier alpha value is -2.61. The number of nitrogens with one attached hydrogen (secondary N) is 1. The molecule has 8 heteroatoms. The number of aromatic nitrogens is 4. The zero-order valence-corrected chi connectivity index (χ0v) is 17.6. The molecule has 0 atom stereocenters. The van der Waals surface area contributed by atoms with E-state index in [2.05, 4.69) is 36.3 Å². The summed E-state index contributed by atoms with van der Waals surface area (Å²) in [5.74, 6) is -0.293. The third-order valence-electron chi connectivity index (χ3n) is 4.12. The van der Waals surface area contributed by atoms with Crippen LogP contribution >= 0.6 is 11.8 Å². The Morgan fingerprint density at radius 1 is 1.18 bits per heavy atom. The van der Waals surface area contributed by atoms with E-state index in [0.717, 1.165) is 32.9 Å². The van der Waals surface area contributed by atoms with Crippen LogP contribution in [0.4, 0.5) is 5.69 Å². The minimum Gasteiger partial charge on any atom is -0.324 e. The number of aryl methyl sites for hydroxylation is 2. The van der Waals surface area contributed by atoms with E-state index in [1.807, 2.05) is 38.1 Å². The van der Waals surface area contributed by atoms with Crippen LogP contribution in [0.5, 0.6) is 0 Å². The van der Waals surface area contributed by atoms with Gasteiger partial charge >= 0.3 is 5.69 Å². The van der Waals surface area contributed by atoms with Gasteiger partial charge in [0, 0.05) is 10.4 Å². The monoisotopic (exact) mass is 399 g/mol. The maximum atomic E-state index is 12.6. The summed E-state index contributed by atoms with van der Waals surface area (Å²) < 4.78 is 2.37. The molecule has 0 saturated heterocycles. The molecular weight excluding hydrogens is 374 g/mol. The summed E-state index contributed by atoms with van der Waals surface area (Å²) >= 11 is 1.57. The molecule has 0 aliphatic carbocycles. The van der Waals surface area contributed by atoms with Gasteiger partial charge < -0.3 is 5.32 Å². The summed E-state index contributed by atoms with van der Waals surface area (Å²) in [5.41, 5.74) is 2.83. The molecule has 1 N–H and O–H groups in total. The van der Waals surface area contributed by atoms with Crippen molar-refractivity contribution >= 4 is 29.0 Å². The van der Waals surface area contributed by atoms with Gasteiger partial charge in [-0.3, -0.25) is 4.79 Å². The van der Waals surface area contributed by atoms with Crippen molar-refractivity contribution in [2.75, 3.05) is 5.32 Å². The van der Waals surface area contributed by atoms with Gasteiger partial charge in [-0.25, -0.2) is 9.48 Å². The van der Waals surface area contributed by atoms with E-state index in [1.165, 1.54) is 4.52 Å². The quantitative estimate of drug-likeness (QED) is 0.666. The molecule has 1 amide bonds. The van der Waals surface area contributed by atoms with E-state index in [-0.39, 0.29) is 17.2 Å². The lowest BCUT2D eigenvalue weighted by Crippen LogP contribution is -2.29. The van der Waals surface area contributed by atoms with Crippen molar-refractivity contribution in [1.82, 2.24) is 19.4 Å². The standard InChI is InChI=1S/C20H25N5O2S/c1-6-14-9-7-8-13(2)18(14)21-16(26)12-24-19(27)25-15(22-24)10-11-17(23-25)28-20(3,4)5/h7-11H,6,12H2,1-5H3,(H,21,26). The van der Waals surface area contributed by atoms with E-state index in [9.17, 15) is 9.59 Å². The lowest BCUT2D eigenvalue weighted by Gasteiger charge is -2.16. The lowest BCUT2D eigenvalue weighted by molar-refractivity contribution is -0.117. The van der Waals surface area contributed by atoms with E-state index in [1.54, 1.807) is 17.8 Å². The minimum absolute atomic E-state index is 0.0231. The molecule has 0 bridgehead atoms. The van der Waals surface area contributed by atoms with E-state index >= 15 is 0 Å². The molecule has 2 aromatic heterocycles. The Balaban J connectivity index is 1.84. The van der Waals surface area contributed by atoms with Crippen molar-refractivity contribution in [1.29, 1.82) is 0 Å². The highest BCUT2D eigenvalue weighted by Crippen LogP contribution is 2.29. The van der Waals surface area contributed by atoms with Gasteiger partial charge in [-0.1, -0.05) is 57.7 Å². The number of anilines is 1. The fraction of sp³-hybridized carbons (Fsp3) is 0.400. The molecule has 0 unspecified atom stereocenters. The Bertz CT molecular complexity index is 1080. The highest BCUT2D eigenvalue weighted by molar-refractivity contribution is 8.00. The summed E-state index contributed by atoms with van der Waals surface area (Å²) in [6, 6.07) is 9.48. The van der Waals surface area contributed by atoms with Crippen LogP contribution in [-0.2, 0) is 17.8 Å². The first-order valence-electron chi connectivity index (χ1n) is 9.22.